The third-order valence-corrected chi connectivity index (χ3v) is 4.77. The number of benzene rings is 1. The molecule has 1 rings (SSSR count). The number of hydrogen-bond acceptors (Lipinski definition) is 9. The number of carboxylic acid groups (broad SMARTS) is 1. The number of nitrogens with one attached hydrogen (secondary N) is 3. The maximum atomic E-state index is 12.5. The highest BCUT2D eigenvalue weighted by Crippen LogP contribution is 2.11. The van der Waals surface area contributed by atoms with Crippen LogP contribution < -0.4 is 27.4 Å². The van der Waals surface area contributed by atoms with E-state index in [0.29, 0.717) is 5.56 Å². The topological polar surface area (TPSA) is 234 Å². The van der Waals surface area contributed by atoms with E-state index >= 15 is 0 Å². The first-order valence-corrected chi connectivity index (χ1v) is 10.3. The third kappa shape index (κ3) is 9.34. The van der Waals surface area contributed by atoms with E-state index in [4.69, 9.17) is 11.5 Å². The number of carbonyl (C=O) groups excluding carboxylic acids is 4. The van der Waals surface area contributed by atoms with Gasteiger partial charge in [-0.15, -0.1) is 0 Å². The number of primary amides is 1. The van der Waals surface area contributed by atoms with Crippen molar-refractivity contribution in [3.63, 3.8) is 0 Å². The highest BCUT2D eigenvalue weighted by molar-refractivity contribution is 7.80. The molecule has 0 bridgehead atoms. The van der Waals surface area contributed by atoms with Gasteiger partial charge in [0, 0.05) is 12.2 Å². The highest BCUT2D eigenvalue weighted by atomic mass is 32.1. The number of phenols is 1. The minimum Gasteiger partial charge on any atom is -0.508 e. The van der Waals surface area contributed by atoms with Crippen LogP contribution in [0.4, 0.5) is 0 Å². The molecule has 4 unspecified atom stereocenters. The number of hydrogen-bond donors (Lipinski definition) is 9. The molecule has 0 heterocycles. The van der Waals surface area contributed by atoms with Gasteiger partial charge >= 0.3 is 5.97 Å². The number of carboxylic acids is 1. The Bertz CT molecular complexity index is 866. The Hall–Kier alpha value is -3.36. The maximum Gasteiger partial charge on any atom is 0.326 e. The molecule has 0 aromatic heterocycles. The number of phenolic OH excluding ortho intramolecular Hbond substituents is 1. The Balaban J connectivity index is 2.88. The normalized spacial score (nSPS) is 14.3. The zero-order valence-electron chi connectivity index (χ0n) is 17.4. The minimum absolute atomic E-state index is 0.0225. The average molecular weight is 486 g/mol. The molecule has 33 heavy (non-hydrogen) atoms. The SMILES string of the molecule is NC(=O)CC(NC(=O)C(N)CS)C(=O)NC(CO)C(=O)NC(Cc1ccc(O)cc1)C(=O)O. The van der Waals surface area contributed by atoms with Gasteiger partial charge in [-0.2, -0.15) is 12.6 Å². The Morgan fingerprint density at radius 2 is 1.42 bits per heavy atom. The monoisotopic (exact) mass is 485 g/mol. The number of carbonyl (C=O) groups is 5. The molecule has 182 valence electrons. The highest BCUT2D eigenvalue weighted by Gasteiger charge is 2.30. The van der Waals surface area contributed by atoms with E-state index in [9.17, 15) is 39.3 Å². The molecule has 0 saturated heterocycles. The van der Waals surface area contributed by atoms with Crippen LogP contribution in [-0.2, 0) is 30.4 Å². The molecule has 0 fully saturated rings. The van der Waals surface area contributed by atoms with Crippen molar-refractivity contribution in [2.24, 2.45) is 11.5 Å². The third-order valence-electron chi connectivity index (χ3n) is 4.38. The second-order valence-electron chi connectivity index (χ2n) is 7.03. The molecule has 1 aromatic carbocycles. The van der Waals surface area contributed by atoms with Crippen molar-refractivity contribution in [1.29, 1.82) is 0 Å². The molecule has 0 aliphatic carbocycles. The Labute approximate surface area is 194 Å². The molecular formula is C19H27N5O8S. The van der Waals surface area contributed by atoms with Crippen molar-refractivity contribution in [3.8, 4) is 5.75 Å². The van der Waals surface area contributed by atoms with E-state index < -0.39 is 66.8 Å². The summed E-state index contributed by atoms with van der Waals surface area (Å²) in [5, 5.41) is 34.8. The number of amides is 4. The lowest BCUT2D eigenvalue weighted by molar-refractivity contribution is -0.142. The second kappa shape index (κ2) is 13.2. The van der Waals surface area contributed by atoms with E-state index in [-0.39, 0.29) is 17.9 Å². The molecule has 0 radical (unpaired) electrons. The zero-order valence-corrected chi connectivity index (χ0v) is 18.3. The summed E-state index contributed by atoms with van der Waals surface area (Å²) in [5.74, 6) is -5.21. The van der Waals surface area contributed by atoms with Crippen molar-refractivity contribution in [3.05, 3.63) is 29.8 Å². The van der Waals surface area contributed by atoms with Gasteiger partial charge in [0.25, 0.3) is 0 Å². The maximum absolute atomic E-state index is 12.5. The van der Waals surface area contributed by atoms with Gasteiger partial charge < -0.3 is 42.7 Å². The number of aliphatic hydroxyl groups is 1. The van der Waals surface area contributed by atoms with Crippen LogP contribution in [0.25, 0.3) is 0 Å². The molecule has 4 atom stereocenters. The first-order valence-electron chi connectivity index (χ1n) is 9.65. The van der Waals surface area contributed by atoms with Crippen LogP contribution in [0.1, 0.15) is 12.0 Å². The quantitative estimate of drug-likeness (QED) is 0.126. The molecule has 0 aliphatic rings. The Morgan fingerprint density at radius 3 is 1.91 bits per heavy atom. The summed E-state index contributed by atoms with van der Waals surface area (Å²) in [4.78, 5) is 59.8. The molecule has 10 N–H and O–H groups in total. The lowest BCUT2D eigenvalue weighted by Crippen LogP contribution is -2.59. The Kier molecular flexibility index (Phi) is 11.1. The molecule has 13 nitrogen and oxygen atoms in total. The van der Waals surface area contributed by atoms with Gasteiger partial charge in [0.2, 0.25) is 23.6 Å². The van der Waals surface area contributed by atoms with Crippen molar-refractivity contribution >= 4 is 42.2 Å². The van der Waals surface area contributed by atoms with E-state index in [1.54, 1.807) is 0 Å². The Morgan fingerprint density at radius 1 is 0.909 bits per heavy atom. The lowest BCUT2D eigenvalue weighted by Gasteiger charge is -2.23. The first kappa shape index (κ1) is 27.7. The number of nitrogens with two attached hydrogens (primary N) is 2. The molecule has 0 saturated carbocycles. The molecule has 0 spiro atoms. The molecule has 14 heteroatoms. The van der Waals surface area contributed by atoms with Gasteiger partial charge in [-0.3, -0.25) is 19.2 Å². The van der Waals surface area contributed by atoms with E-state index in [2.05, 4.69) is 28.6 Å². The second-order valence-corrected chi connectivity index (χ2v) is 7.40. The summed E-state index contributed by atoms with van der Waals surface area (Å²) in [5.41, 5.74) is 11.1. The fourth-order valence-corrected chi connectivity index (χ4v) is 2.74. The van der Waals surface area contributed by atoms with E-state index in [0.717, 1.165) is 0 Å². The number of aromatic hydroxyl groups is 1. The van der Waals surface area contributed by atoms with Crippen molar-refractivity contribution in [1.82, 2.24) is 16.0 Å². The smallest absolute Gasteiger partial charge is 0.326 e. The number of aliphatic hydroxyl groups excluding tert-OH is 1. The predicted octanol–water partition coefficient (Wildman–Crippen LogP) is -3.40. The molecule has 0 aliphatic heterocycles. The largest absolute Gasteiger partial charge is 0.508 e. The number of rotatable bonds is 13. The predicted molar refractivity (Wildman–Crippen MR) is 118 cm³/mol. The fourth-order valence-electron chi connectivity index (χ4n) is 2.58. The lowest BCUT2D eigenvalue weighted by atomic mass is 10.1. The van der Waals surface area contributed by atoms with Crippen LogP contribution in [0.3, 0.4) is 0 Å². The van der Waals surface area contributed by atoms with Crippen molar-refractivity contribution in [2.75, 3.05) is 12.4 Å². The minimum atomic E-state index is -1.59. The van der Waals surface area contributed by atoms with Crippen molar-refractivity contribution in [2.45, 2.75) is 37.0 Å². The fraction of sp³-hybridized carbons (Fsp3) is 0.421. The van der Waals surface area contributed by atoms with Crippen LogP contribution >= 0.6 is 12.6 Å². The van der Waals surface area contributed by atoms with Crippen molar-refractivity contribution < 1.29 is 39.3 Å². The van der Waals surface area contributed by atoms with Gasteiger partial charge in [0.1, 0.15) is 23.9 Å². The average Bonchev–Trinajstić information content (AvgIpc) is 2.76. The number of thiol groups is 1. The van der Waals surface area contributed by atoms with E-state index in [1.165, 1.54) is 24.3 Å². The van der Waals surface area contributed by atoms with Gasteiger partial charge in [-0.05, 0) is 17.7 Å². The molecule has 1 aromatic rings. The standard InChI is InChI=1S/C19H27N5O8S/c20-11(8-33)16(28)22-12(6-15(21)27)17(29)24-14(7-25)18(30)23-13(19(31)32)5-9-1-3-10(26)4-2-9/h1-4,11-14,25-26,33H,5-8,20H2,(H2,21,27)(H,22,28)(H,23,30)(H,24,29)(H,31,32). The van der Waals surface area contributed by atoms with E-state index in [1.807, 2.05) is 0 Å². The molecular weight excluding hydrogens is 458 g/mol. The van der Waals surface area contributed by atoms with Gasteiger partial charge in [0.15, 0.2) is 0 Å². The summed E-state index contributed by atoms with van der Waals surface area (Å²) in [6.45, 7) is -0.906. The van der Waals surface area contributed by atoms with Crippen LogP contribution in [0.5, 0.6) is 5.75 Å². The summed E-state index contributed by atoms with van der Waals surface area (Å²) in [6, 6.07) is 0.0523. The van der Waals surface area contributed by atoms with Gasteiger partial charge in [-0.1, -0.05) is 12.1 Å². The van der Waals surface area contributed by atoms with Crippen LogP contribution in [0.2, 0.25) is 0 Å². The summed E-state index contributed by atoms with van der Waals surface area (Å²) < 4.78 is 0. The van der Waals surface area contributed by atoms with Crippen LogP contribution in [0, 0.1) is 0 Å². The number of aliphatic carboxylic acids is 1. The van der Waals surface area contributed by atoms with Crippen LogP contribution in [-0.4, -0.2) is 81.4 Å². The molecule has 4 amide bonds. The first-order chi connectivity index (χ1) is 15.5. The summed E-state index contributed by atoms with van der Waals surface area (Å²) in [6.07, 6.45) is -0.759. The van der Waals surface area contributed by atoms with Gasteiger partial charge in [0.05, 0.1) is 19.1 Å². The van der Waals surface area contributed by atoms with Gasteiger partial charge in [-0.25, -0.2) is 4.79 Å². The zero-order chi connectivity index (χ0) is 25.1. The van der Waals surface area contributed by atoms with Crippen LogP contribution in [0.15, 0.2) is 24.3 Å². The summed E-state index contributed by atoms with van der Waals surface area (Å²) >= 11 is 3.86. The summed E-state index contributed by atoms with van der Waals surface area (Å²) in [7, 11) is 0.